The molecule has 0 spiro atoms. The van der Waals surface area contributed by atoms with E-state index in [2.05, 4.69) is 4.90 Å². The maximum Gasteiger partial charge on any atom is 0.252 e. The minimum Gasteiger partial charge on any atom is -0.381 e. The Kier molecular flexibility index (Phi) is 5.65. The van der Waals surface area contributed by atoms with E-state index in [4.69, 9.17) is 16.3 Å². The molecule has 0 amide bonds. The molecule has 2 fully saturated rings. The van der Waals surface area contributed by atoms with Gasteiger partial charge in [-0.2, -0.15) is 4.31 Å². The fraction of sp³-hybridized carbons (Fsp3) is 0.733. The lowest BCUT2D eigenvalue weighted by molar-refractivity contribution is 0.0190. The first-order valence-corrected chi connectivity index (χ1v) is 10.7. The summed E-state index contributed by atoms with van der Waals surface area (Å²) in [5.74, 6) is 0. The van der Waals surface area contributed by atoms with E-state index in [0.717, 1.165) is 50.1 Å². The molecule has 2 saturated heterocycles. The van der Waals surface area contributed by atoms with Gasteiger partial charge in [0.1, 0.15) is 4.21 Å². The zero-order valence-corrected chi connectivity index (χ0v) is 15.7. The van der Waals surface area contributed by atoms with Gasteiger partial charge in [-0.1, -0.05) is 11.6 Å². The van der Waals surface area contributed by atoms with E-state index in [0.29, 0.717) is 33.8 Å². The average Bonchev–Trinajstić information content (AvgIpc) is 3.02. The zero-order valence-electron chi connectivity index (χ0n) is 13.3. The molecule has 0 atom stereocenters. The maximum atomic E-state index is 12.6. The van der Waals surface area contributed by atoms with Crippen LogP contribution in [-0.2, 0) is 14.8 Å². The van der Waals surface area contributed by atoms with Gasteiger partial charge in [0.2, 0.25) is 0 Å². The summed E-state index contributed by atoms with van der Waals surface area (Å²) in [4.78, 5) is 2.50. The Morgan fingerprint density at radius 2 is 1.78 bits per heavy atom. The van der Waals surface area contributed by atoms with E-state index in [1.54, 1.807) is 23.5 Å². The molecule has 3 rings (SSSR count). The predicted octanol–water partition coefficient (Wildman–Crippen LogP) is 2.67. The number of hydrogen-bond acceptors (Lipinski definition) is 5. The number of thiophene rings is 1. The van der Waals surface area contributed by atoms with Crippen molar-refractivity contribution in [2.24, 2.45) is 0 Å². The lowest BCUT2D eigenvalue weighted by Crippen LogP contribution is -2.49. The Bertz CT molecular complexity index is 618. The smallest absolute Gasteiger partial charge is 0.252 e. The molecule has 1 aromatic heterocycles. The standard InChI is InChI=1S/C15H23ClN2O3S2/c1-21-13-6-8-17(9-7-13)12-4-10-18(11-5-12)23(19,20)15-3-2-14(16)22-15/h2-3,12-13H,4-11H2,1H3. The number of likely N-dealkylation sites (tertiary alicyclic amines) is 1. The molecule has 0 aromatic carbocycles. The predicted molar refractivity (Wildman–Crippen MR) is 92.7 cm³/mol. The van der Waals surface area contributed by atoms with E-state index >= 15 is 0 Å². The summed E-state index contributed by atoms with van der Waals surface area (Å²) in [6.07, 6.45) is 4.33. The highest BCUT2D eigenvalue weighted by atomic mass is 35.5. The first-order valence-electron chi connectivity index (χ1n) is 8.03. The first-order chi connectivity index (χ1) is 11.0. The fourth-order valence-electron chi connectivity index (χ4n) is 3.49. The molecule has 0 N–H and O–H groups in total. The van der Waals surface area contributed by atoms with E-state index in [9.17, 15) is 8.42 Å². The Morgan fingerprint density at radius 1 is 1.13 bits per heavy atom. The number of sulfonamides is 1. The summed E-state index contributed by atoms with van der Waals surface area (Å²) < 4.78 is 33.1. The van der Waals surface area contributed by atoms with Gasteiger partial charge in [0.05, 0.1) is 10.4 Å². The van der Waals surface area contributed by atoms with Crippen molar-refractivity contribution < 1.29 is 13.2 Å². The monoisotopic (exact) mass is 378 g/mol. The molecule has 0 aliphatic carbocycles. The van der Waals surface area contributed by atoms with Crippen LogP contribution in [0.5, 0.6) is 0 Å². The van der Waals surface area contributed by atoms with Crippen molar-refractivity contribution in [3.63, 3.8) is 0 Å². The summed E-state index contributed by atoms with van der Waals surface area (Å²) >= 11 is 7.00. The third-order valence-corrected chi connectivity index (χ3v) is 8.49. The molecule has 0 radical (unpaired) electrons. The van der Waals surface area contributed by atoms with E-state index in [1.807, 2.05) is 0 Å². The highest BCUT2D eigenvalue weighted by molar-refractivity contribution is 7.91. The minimum atomic E-state index is -3.38. The average molecular weight is 379 g/mol. The van der Waals surface area contributed by atoms with Gasteiger partial charge in [0.15, 0.2) is 0 Å². The molecule has 0 saturated carbocycles. The van der Waals surface area contributed by atoms with Crippen molar-refractivity contribution in [1.82, 2.24) is 9.21 Å². The van der Waals surface area contributed by atoms with Gasteiger partial charge in [-0.05, 0) is 37.8 Å². The van der Waals surface area contributed by atoms with Crippen LogP contribution in [0.4, 0.5) is 0 Å². The maximum absolute atomic E-state index is 12.6. The summed E-state index contributed by atoms with van der Waals surface area (Å²) in [6, 6.07) is 3.74. The van der Waals surface area contributed by atoms with Crippen molar-refractivity contribution in [3.8, 4) is 0 Å². The second kappa shape index (κ2) is 7.37. The Balaban J connectivity index is 1.56. The molecular formula is C15H23ClN2O3S2. The molecular weight excluding hydrogens is 356 g/mol. The molecule has 8 heteroatoms. The van der Waals surface area contributed by atoms with Gasteiger partial charge < -0.3 is 9.64 Å². The van der Waals surface area contributed by atoms with Crippen molar-refractivity contribution in [3.05, 3.63) is 16.5 Å². The Labute approximate surface area is 147 Å². The SMILES string of the molecule is COC1CCN(C2CCN(S(=O)(=O)c3ccc(Cl)s3)CC2)CC1. The second-order valence-corrected chi connectivity index (χ2v) is 10.0. The number of hydrogen-bond donors (Lipinski definition) is 0. The van der Waals surface area contributed by atoms with Gasteiger partial charge in [-0.3, -0.25) is 0 Å². The molecule has 0 bridgehead atoms. The lowest BCUT2D eigenvalue weighted by Gasteiger charge is -2.41. The molecule has 0 unspecified atom stereocenters. The second-order valence-electron chi connectivity index (χ2n) is 6.16. The number of rotatable bonds is 4. The molecule has 5 nitrogen and oxygen atoms in total. The van der Waals surface area contributed by atoms with Gasteiger partial charge >= 0.3 is 0 Å². The van der Waals surface area contributed by atoms with Crippen LogP contribution in [0.2, 0.25) is 4.34 Å². The summed E-state index contributed by atoms with van der Waals surface area (Å²) in [7, 11) is -1.60. The van der Waals surface area contributed by atoms with Gasteiger partial charge in [-0.25, -0.2) is 8.42 Å². The van der Waals surface area contributed by atoms with Crippen LogP contribution < -0.4 is 0 Å². The summed E-state index contributed by atoms with van der Waals surface area (Å²) in [6.45, 7) is 3.28. The van der Waals surface area contributed by atoms with Crippen LogP contribution in [0.25, 0.3) is 0 Å². The van der Waals surface area contributed by atoms with Gasteiger partial charge in [0.25, 0.3) is 10.0 Å². The third-order valence-electron chi connectivity index (χ3n) is 4.89. The first kappa shape index (κ1) is 17.6. The molecule has 2 aliphatic rings. The number of nitrogens with zero attached hydrogens (tertiary/aromatic N) is 2. The van der Waals surface area contributed by atoms with Crippen molar-refractivity contribution in [2.45, 2.75) is 42.0 Å². The van der Waals surface area contributed by atoms with Gasteiger partial charge in [0, 0.05) is 39.3 Å². The highest BCUT2D eigenvalue weighted by Gasteiger charge is 2.33. The summed E-state index contributed by atoms with van der Waals surface area (Å²) in [5.41, 5.74) is 0. The molecule has 2 aliphatic heterocycles. The Morgan fingerprint density at radius 3 is 2.30 bits per heavy atom. The van der Waals surface area contributed by atoms with E-state index < -0.39 is 10.0 Å². The van der Waals surface area contributed by atoms with Crippen LogP contribution >= 0.6 is 22.9 Å². The largest absolute Gasteiger partial charge is 0.381 e. The van der Waals surface area contributed by atoms with E-state index in [1.165, 1.54) is 0 Å². The number of ether oxygens (including phenoxy) is 1. The van der Waals surface area contributed by atoms with Crippen LogP contribution in [-0.4, -0.2) is 63.1 Å². The summed E-state index contributed by atoms with van der Waals surface area (Å²) in [5, 5.41) is 0. The van der Waals surface area contributed by atoms with Crippen molar-refractivity contribution in [1.29, 1.82) is 0 Å². The molecule has 1 aromatic rings. The number of methoxy groups -OCH3 is 1. The van der Waals surface area contributed by atoms with Crippen LogP contribution in [0.15, 0.2) is 16.3 Å². The normalized spacial score (nSPS) is 23.4. The van der Waals surface area contributed by atoms with Crippen molar-refractivity contribution in [2.75, 3.05) is 33.3 Å². The van der Waals surface area contributed by atoms with Crippen LogP contribution in [0.3, 0.4) is 0 Å². The number of halogens is 1. The Hall–Kier alpha value is -0.180. The topological polar surface area (TPSA) is 49.9 Å². The number of piperidine rings is 2. The zero-order chi connectivity index (χ0) is 16.4. The molecule has 23 heavy (non-hydrogen) atoms. The van der Waals surface area contributed by atoms with Gasteiger partial charge in [-0.15, -0.1) is 11.3 Å². The molecule has 130 valence electrons. The lowest BCUT2D eigenvalue weighted by atomic mass is 10.00. The fourth-order valence-corrected chi connectivity index (χ4v) is 6.59. The third kappa shape index (κ3) is 3.91. The van der Waals surface area contributed by atoms with Crippen LogP contribution in [0.1, 0.15) is 25.7 Å². The quantitative estimate of drug-likeness (QED) is 0.808. The van der Waals surface area contributed by atoms with E-state index in [-0.39, 0.29) is 0 Å². The highest BCUT2D eigenvalue weighted by Crippen LogP contribution is 2.30. The van der Waals surface area contributed by atoms with Crippen molar-refractivity contribution >= 4 is 33.0 Å². The molecule has 3 heterocycles. The minimum absolute atomic E-state index is 0.349. The van der Waals surface area contributed by atoms with Crippen LogP contribution in [0, 0.1) is 0 Å².